The van der Waals surface area contributed by atoms with E-state index < -0.39 is 0 Å². The molecule has 0 heterocycles. The Hall–Kier alpha value is -0.770. The van der Waals surface area contributed by atoms with E-state index in [0.29, 0.717) is 12.5 Å². The first-order chi connectivity index (χ1) is 7.74. The Kier molecular flexibility index (Phi) is 10.2. The Balaban J connectivity index is 3.60. The molecule has 4 heteroatoms. The normalized spacial score (nSPS) is 12.2. The van der Waals surface area contributed by atoms with Crippen LogP contribution in [0.25, 0.3) is 0 Å². The number of hydrogen-bond acceptors (Lipinski definition) is 2. The number of hydrogen-bond donors (Lipinski definition) is 3. The first-order valence-electron chi connectivity index (χ1n) is 6.46. The van der Waals surface area contributed by atoms with Crippen LogP contribution in [-0.4, -0.2) is 25.7 Å². The third-order valence-corrected chi connectivity index (χ3v) is 2.64. The van der Waals surface area contributed by atoms with Gasteiger partial charge in [0.2, 0.25) is 0 Å². The number of nitrogens with two attached hydrogens (primary N) is 1. The van der Waals surface area contributed by atoms with E-state index in [-0.39, 0.29) is 6.03 Å². The number of rotatable bonds is 9. The van der Waals surface area contributed by atoms with Crippen LogP contribution >= 0.6 is 0 Å². The molecule has 0 rings (SSSR count). The van der Waals surface area contributed by atoms with Crippen molar-refractivity contribution in [2.75, 3.05) is 19.6 Å². The van der Waals surface area contributed by atoms with E-state index >= 15 is 0 Å². The van der Waals surface area contributed by atoms with Crippen LogP contribution < -0.4 is 16.4 Å². The molecule has 96 valence electrons. The van der Waals surface area contributed by atoms with E-state index in [1.165, 1.54) is 0 Å². The molecular weight excluding hydrogens is 202 g/mol. The molecule has 0 aliphatic rings. The Labute approximate surface area is 99.4 Å². The van der Waals surface area contributed by atoms with Gasteiger partial charge in [0.05, 0.1) is 0 Å². The summed E-state index contributed by atoms with van der Waals surface area (Å²) in [6.07, 6.45) is 5.40. The number of carbonyl (C=O) groups is 1. The van der Waals surface area contributed by atoms with Crippen molar-refractivity contribution < 1.29 is 4.79 Å². The van der Waals surface area contributed by atoms with Gasteiger partial charge in [0.25, 0.3) is 0 Å². The summed E-state index contributed by atoms with van der Waals surface area (Å²) in [6.45, 7) is 6.47. The zero-order valence-electron chi connectivity index (χ0n) is 10.7. The number of nitrogens with one attached hydrogen (secondary N) is 2. The highest BCUT2D eigenvalue weighted by atomic mass is 16.2. The maximum atomic E-state index is 11.4. The smallest absolute Gasteiger partial charge is 0.314 e. The quantitative estimate of drug-likeness (QED) is 0.528. The molecule has 4 N–H and O–H groups in total. The van der Waals surface area contributed by atoms with Gasteiger partial charge in [-0.3, -0.25) is 0 Å². The van der Waals surface area contributed by atoms with Gasteiger partial charge in [-0.15, -0.1) is 0 Å². The van der Waals surface area contributed by atoms with Gasteiger partial charge in [0, 0.05) is 13.1 Å². The second-order valence-electron chi connectivity index (χ2n) is 4.22. The lowest BCUT2D eigenvalue weighted by Crippen LogP contribution is -2.39. The van der Waals surface area contributed by atoms with Crippen LogP contribution in [0.4, 0.5) is 4.79 Å². The molecule has 0 aromatic rings. The molecule has 0 aliphatic heterocycles. The molecule has 0 saturated heterocycles. The second kappa shape index (κ2) is 10.7. The summed E-state index contributed by atoms with van der Waals surface area (Å²) in [5, 5.41) is 5.75. The molecule has 0 aromatic carbocycles. The minimum atomic E-state index is -0.0495. The summed E-state index contributed by atoms with van der Waals surface area (Å²) < 4.78 is 0. The van der Waals surface area contributed by atoms with Crippen LogP contribution in [0.1, 0.15) is 46.0 Å². The van der Waals surface area contributed by atoms with Crippen molar-refractivity contribution >= 4 is 6.03 Å². The molecule has 0 bridgehead atoms. The summed E-state index contributed by atoms with van der Waals surface area (Å²) in [5.41, 5.74) is 5.54. The first kappa shape index (κ1) is 15.2. The van der Waals surface area contributed by atoms with Crippen molar-refractivity contribution in [3.63, 3.8) is 0 Å². The zero-order chi connectivity index (χ0) is 12.2. The van der Waals surface area contributed by atoms with Crippen molar-refractivity contribution in [3.05, 3.63) is 0 Å². The van der Waals surface area contributed by atoms with E-state index in [4.69, 9.17) is 5.73 Å². The van der Waals surface area contributed by atoms with Crippen LogP contribution in [0.15, 0.2) is 0 Å². The van der Waals surface area contributed by atoms with Gasteiger partial charge in [-0.25, -0.2) is 4.79 Å². The lowest BCUT2D eigenvalue weighted by Gasteiger charge is -2.16. The van der Waals surface area contributed by atoms with E-state index in [9.17, 15) is 4.79 Å². The van der Waals surface area contributed by atoms with Crippen LogP contribution in [0, 0.1) is 5.92 Å². The first-order valence-corrected chi connectivity index (χ1v) is 6.46. The van der Waals surface area contributed by atoms with Crippen LogP contribution in [0.3, 0.4) is 0 Å². The fourth-order valence-electron chi connectivity index (χ4n) is 1.67. The average Bonchev–Trinajstić information content (AvgIpc) is 2.27. The predicted molar refractivity (Wildman–Crippen MR) is 68.4 cm³/mol. The second-order valence-corrected chi connectivity index (χ2v) is 4.22. The van der Waals surface area contributed by atoms with Crippen molar-refractivity contribution in [2.24, 2.45) is 11.7 Å². The van der Waals surface area contributed by atoms with Gasteiger partial charge in [0.15, 0.2) is 0 Å². The summed E-state index contributed by atoms with van der Waals surface area (Å²) in [4.78, 5) is 11.4. The largest absolute Gasteiger partial charge is 0.338 e. The number of unbranched alkanes of at least 4 members (excludes halogenated alkanes) is 1. The number of urea groups is 1. The Morgan fingerprint density at radius 3 is 2.50 bits per heavy atom. The van der Waals surface area contributed by atoms with Crippen LogP contribution in [0.2, 0.25) is 0 Å². The van der Waals surface area contributed by atoms with E-state index in [2.05, 4.69) is 24.5 Å². The van der Waals surface area contributed by atoms with Gasteiger partial charge in [-0.1, -0.05) is 26.7 Å². The average molecular weight is 229 g/mol. The number of amides is 2. The zero-order valence-corrected chi connectivity index (χ0v) is 10.7. The monoisotopic (exact) mass is 229 g/mol. The maximum Gasteiger partial charge on any atom is 0.314 e. The van der Waals surface area contributed by atoms with Crippen molar-refractivity contribution in [1.29, 1.82) is 0 Å². The lowest BCUT2D eigenvalue weighted by atomic mass is 10.00. The van der Waals surface area contributed by atoms with E-state index in [0.717, 1.165) is 45.2 Å². The maximum absolute atomic E-state index is 11.4. The molecule has 0 saturated carbocycles. The minimum absolute atomic E-state index is 0.0495. The molecule has 0 radical (unpaired) electrons. The molecule has 1 atom stereocenters. The summed E-state index contributed by atoms with van der Waals surface area (Å²) in [5.74, 6) is 0.520. The van der Waals surface area contributed by atoms with Crippen LogP contribution in [-0.2, 0) is 0 Å². The highest BCUT2D eigenvalue weighted by Crippen LogP contribution is 2.08. The molecule has 4 nitrogen and oxygen atoms in total. The summed E-state index contributed by atoms with van der Waals surface area (Å²) in [6, 6.07) is -0.0495. The molecule has 2 amide bonds. The SMILES string of the molecule is CCCCNC(=O)NCC(CCC)CCN. The topological polar surface area (TPSA) is 67.2 Å². The van der Waals surface area contributed by atoms with E-state index in [1.54, 1.807) is 0 Å². The fraction of sp³-hybridized carbons (Fsp3) is 0.917. The molecular formula is C12H27N3O. The van der Waals surface area contributed by atoms with Gasteiger partial charge in [-0.05, 0) is 31.7 Å². The van der Waals surface area contributed by atoms with Crippen molar-refractivity contribution in [1.82, 2.24) is 10.6 Å². The van der Waals surface area contributed by atoms with Gasteiger partial charge in [-0.2, -0.15) is 0 Å². The van der Waals surface area contributed by atoms with Crippen molar-refractivity contribution in [2.45, 2.75) is 46.0 Å². The van der Waals surface area contributed by atoms with Gasteiger partial charge in [0.1, 0.15) is 0 Å². The molecule has 16 heavy (non-hydrogen) atoms. The van der Waals surface area contributed by atoms with E-state index in [1.807, 2.05) is 0 Å². The molecule has 1 unspecified atom stereocenters. The Morgan fingerprint density at radius 1 is 1.19 bits per heavy atom. The predicted octanol–water partition coefficient (Wildman–Crippen LogP) is 1.85. The highest BCUT2D eigenvalue weighted by molar-refractivity contribution is 5.73. The van der Waals surface area contributed by atoms with Crippen LogP contribution in [0.5, 0.6) is 0 Å². The standard InChI is InChI=1S/C12H27N3O/c1-3-5-9-14-12(16)15-10-11(6-4-2)7-8-13/h11H,3-10,13H2,1-2H3,(H2,14,15,16). The third-order valence-electron chi connectivity index (χ3n) is 2.64. The molecule has 0 aromatic heterocycles. The fourth-order valence-corrected chi connectivity index (χ4v) is 1.67. The van der Waals surface area contributed by atoms with Gasteiger partial charge >= 0.3 is 6.03 Å². The molecule has 0 fully saturated rings. The molecule has 0 spiro atoms. The Morgan fingerprint density at radius 2 is 1.94 bits per heavy atom. The van der Waals surface area contributed by atoms with Gasteiger partial charge < -0.3 is 16.4 Å². The highest BCUT2D eigenvalue weighted by Gasteiger charge is 2.08. The summed E-state index contributed by atoms with van der Waals surface area (Å²) >= 11 is 0. The molecule has 0 aliphatic carbocycles. The third kappa shape index (κ3) is 8.53. The summed E-state index contributed by atoms with van der Waals surface area (Å²) in [7, 11) is 0. The number of carbonyl (C=O) groups excluding carboxylic acids is 1. The van der Waals surface area contributed by atoms with Crippen molar-refractivity contribution in [3.8, 4) is 0 Å². The lowest BCUT2D eigenvalue weighted by molar-refractivity contribution is 0.238. The minimum Gasteiger partial charge on any atom is -0.338 e. The Bertz CT molecular complexity index is 168.